The van der Waals surface area contributed by atoms with Crippen molar-refractivity contribution in [2.24, 2.45) is 0 Å². The van der Waals surface area contributed by atoms with E-state index in [2.05, 4.69) is 16.7 Å². The molecule has 3 aromatic rings. The third kappa shape index (κ3) is 6.93. The molecule has 9 heteroatoms. The van der Waals surface area contributed by atoms with Crippen molar-refractivity contribution in [1.82, 2.24) is 9.62 Å². The zero-order valence-electron chi connectivity index (χ0n) is 21.3. The first-order valence-electron chi connectivity index (χ1n) is 12.2. The smallest absolute Gasteiger partial charge is 0.264 e. The summed E-state index contributed by atoms with van der Waals surface area (Å²) in [5, 5.41) is 0. The summed E-state index contributed by atoms with van der Waals surface area (Å²) >= 11 is 0. The third-order valence-electron chi connectivity index (χ3n) is 5.98. The summed E-state index contributed by atoms with van der Waals surface area (Å²) in [5.41, 5.74) is 3.20. The number of hydrogen-bond donors (Lipinski definition) is 1. The minimum atomic E-state index is -3.63. The van der Waals surface area contributed by atoms with E-state index >= 15 is 0 Å². The Morgan fingerprint density at radius 2 is 1.63 bits per heavy atom. The van der Waals surface area contributed by atoms with E-state index in [-0.39, 0.29) is 11.5 Å². The predicted molar refractivity (Wildman–Crippen MR) is 147 cm³/mol. The lowest BCUT2D eigenvalue weighted by atomic mass is 10.1. The van der Waals surface area contributed by atoms with Gasteiger partial charge in [-0.25, -0.2) is 13.1 Å². The molecule has 0 saturated carbocycles. The Morgan fingerprint density at radius 1 is 0.921 bits per heavy atom. The number of anilines is 1. The number of rotatable bonds is 6. The second kappa shape index (κ2) is 11.8. The van der Waals surface area contributed by atoms with E-state index in [9.17, 15) is 18.0 Å². The molecule has 0 aromatic heterocycles. The van der Waals surface area contributed by atoms with E-state index in [1.165, 1.54) is 0 Å². The molecular formula is C29H29N3O5S. The van der Waals surface area contributed by atoms with Crippen LogP contribution in [0.15, 0.2) is 72.8 Å². The number of carbonyl (C=O) groups is 2. The van der Waals surface area contributed by atoms with Crippen molar-refractivity contribution >= 4 is 27.5 Å². The van der Waals surface area contributed by atoms with E-state index in [1.807, 2.05) is 59.0 Å². The average Bonchev–Trinajstić information content (AvgIpc) is 2.91. The van der Waals surface area contributed by atoms with Crippen LogP contribution in [0.1, 0.15) is 38.8 Å². The molecule has 1 aliphatic heterocycles. The molecule has 2 amide bonds. The summed E-state index contributed by atoms with van der Waals surface area (Å²) in [6.07, 6.45) is 0.937. The minimum Gasteiger partial charge on any atom is -0.494 e. The number of nitrogens with one attached hydrogen (secondary N) is 1. The van der Waals surface area contributed by atoms with Crippen molar-refractivity contribution in [2.75, 3.05) is 43.9 Å². The third-order valence-corrected chi connectivity index (χ3v) is 6.54. The first kappa shape index (κ1) is 26.8. The van der Waals surface area contributed by atoms with Gasteiger partial charge in [0.2, 0.25) is 10.0 Å². The lowest BCUT2D eigenvalue weighted by Crippen LogP contribution is -2.49. The second-order valence-electron chi connectivity index (χ2n) is 8.79. The molecule has 38 heavy (non-hydrogen) atoms. The zero-order valence-corrected chi connectivity index (χ0v) is 22.1. The Kier molecular flexibility index (Phi) is 8.34. The van der Waals surface area contributed by atoms with Crippen LogP contribution in [0.5, 0.6) is 5.75 Å². The molecule has 1 heterocycles. The molecule has 0 atom stereocenters. The highest BCUT2D eigenvalue weighted by molar-refractivity contribution is 7.89. The Morgan fingerprint density at radius 3 is 2.32 bits per heavy atom. The van der Waals surface area contributed by atoms with Crippen molar-refractivity contribution in [1.29, 1.82) is 0 Å². The van der Waals surface area contributed by atoms with E-state index in [4.69, 9.17) is 4.74 Å². The van der Waals surface area contributed by atoms with Crippen molar-refractivity contribution in [2.45, 2.75) is 6.92 Å². The predicted octanol–water partition coefficient (Wildman–Crippen LogP) is 3.14. The van der Waals surface area contributed by atoms with Crippen molar-refractivity contribution in [3.05, 3.63) is 95.1 Å². The molecule has 1 fully saturated rings. The van der Waals surface area contributed by atoms with Gasteiger partial charge in [-0.15, -0.1) is 0 Å². The van der Waals surface area contributed by atoms with E-state index in [0.29, 0.717) is 43.9 Å². The molecule has 3 aromatic carbocycles. The normalized spacial score (nSPS) is 13.3. The molecule has 0 aliphatic carbocycles. The van der Waals surface area contributed by atoms with Gasteiger partial charge in [0.05, 0.1) is 18.4 Å². The van der Waals surface area contributed by atoms with Crippen LogP contribution in [0, 0.1) is 11.8 Å². The fraction of sp³-hybridized carbons (Fsp3) is 0.241. The molecule has 1 aliphatic rings. The Labute approximate surface area is 223 Å². The quantitative estimate of drug-likeness (QED) is 0.491. The Hall–Kier alpha value is -4.29. The fourth-order valence-corrected chi connectivity index (χ4v) is 4.59. The van der Waals surface area contributed by atoms with Crippen molar-refractivity contribution < 1.29 is 22.7 Å². The van der Waals surface area contributed by atoms with Gasteiger partial charge in [0, 0.05) is 48.6 Å². The van der Waals surface area contributed by atoms with Crippen LogP contribution in [-0.2, 0) is 10.0 Å². The summed E-state index contributed by atoms with van der Waals surface area (Å²) in [6, 6.07) is 21.7. The van der Waals surface area contributed by atoms with Gasteiger partial charge in [-0.05, 0) is 61.5 Å². The van der Waals surface area contributed by atoms with Crippen LogP contribution in [0.3, 0.4) is 0 Å². The zero-order chi connectivity index (χ0) is 27.1. The van der Waals surface area contributed by atoms with Gasteiger partial charge < -0.3 is 14.5 Å². The largest absolute Gasteiger partial charge is 0.494 e. The van der Waals surface area contributed by atoms with Gasteiger partial charge >= 0.3 is 0 Å². The highest BCUT2D eigenvalue weighted by atomic mass is 32.2. The standard InChI is InChI=1S/C29H29N3O5S/c1-3-37-26-9-6-7-22(21-26)11-12-23-8-4-5-10-27(23)29(34)32-19-17-31(18-20-32)25-15-13-24(14-16-25)28(33)30-38(2,35)36/h4-10,13-16,21H,3,17-20H2,1-2H3,(H,30,33). The van der Waals surface area contributed by atoms with Gasteiger partial charge in [0.15, 0.2) is 0 Å². The Balaban J connectivity index is 1.41. The molecule has 0 bridgehead atoms. The van der Waals surface area contributed by atoms with Crippen LogP contribution < -0.4 is 14.4 Å². The lowest BCUT2D eigenvalue weighted by Gasteiger charge is -2.36. The summed E-state index contributed by atoms with van der Waals surface area (Å²) in [7, 11) is -3.63. The molecule has 0 radical (unpaired) electrons. The summed E-state index contributed by atoms with van der Waals surface area (Å²) in [4.78, 5) is 29.4. The number of amides is 2. The van der Waals surface area contributed by atoms with Gasteiger partial charge in [-0.3, -0.25) is 9.59 Å². The molecule has 8 nitrogen and oxygen atoms in total. The maximum atomic E-state index is 13.4. The second-order valence-corrected chi connectivity index (χ2v) is 10.5. The number of benzene rings is 3. The van der Waals surface area contributed by atoms with Crippen LogP contribution in [0.4, 0.5) is 5.69 Å². The molecule has 196 valence electrons. The molecule has 4 rings (SSSR count). The molecule has 1 N–H and O–H groups in total. The maximum Gasteiger partial charge on any atom is 0.264 e. The minimum absolute atomic E-state index is 0.0644. The molecule has 1 saturated heterocycles. The van der Waals surface area contributed by atoms with Gasteiger partial charge in [-0.2, -0.15) is 0 Å². The number of piperazine rings is 1. The van der Waals surface area contributed by atoms with Crippen molar-refractivity contribution in [3.63, 3.8) is 0 Å². The number of sulfonamides is 1. The topological polar surface area (TPSA) is 96.0 Å². The lowest BCUT2D eigenvalue weighted by molar-refractivity contribution is 0.0746. The van der Waals surface area contributed by atoms with E-state index in [0.717, 1.165) is 23.3 Å². The number of nitrogens with zero attached hydrogens (tertiary/aromatic N) is 2. The summed E-state index contributed by atoms with van der Waals surface area (Å²) in [6.45, 7) is 4.83. The van der Waals surface area contributed by atoms with Crippen LogP contribution in [0.2, 0.25) is 0 Å². The number of ether oxygens (including phenoxy) is 1. The first-order chi connectivity index (χ1) is 18.2. The maximum absolute atomic E-state index is 13.4. The molecule has 0 unspecified atom stereocenters. The van der Waals surface area contributed by atoms with Crippen molar-refractivity contribution in [3.8, 4) is 17.6 Å². The number of hydrogen-bond acceptors (Lipinski definition) is 6. The Bertz CT molecular complexity index is 1480. The number of carbonyl (C=O) groups excluding carboxylic acids is 2. The summed E-state index contributed by atoms with van der Waals surface area (Å²) < 4.78 is 30.1. The summed E-state index contributed by atoms with van der Waals surface area (Å²) in [5.74, 6) is 6.31. The monoisotopic (exact) mass is 531 g/mol. The van der Waals surface area contributed by atoms with E-state index in [1.54, 1.807) is 30.3 Å². The average molecular weight is 532 g/mol. The fourth-order valence-electron chi connectivity index (χ4n) is 4.14. The SMILES string of the molecule is CCOc1cccc(C#Cc2ccccc2C(=O)N2CCN(c3ccc(C(=O)NS(C)(=O)=O)cc3)CC2)c1. The van der Waals surface area contributed by atoms with Crippen LogP contribution in [-0.4, -0.2) is 64.2 Å². The highest BCUT2D eigenvalue weighted by Gasteiger charge is 2.24. The molecular weight excluding hydrogens is 502 g/mol. The van der Waals surface area contributed by atoms with Gasteiger partial charge in [0.1, 0.15) is 5.75 Å². The molecule has 0 spiro atoms. The van der Waals surface area contributed by atoms with E-state index < -0.39 is 15.9 Å². The van der Waals surface area contributed by atoms with Crippen LogP contribution in [0.25, 0.3) is 0 Å². The van der Waals surface area contributed by atoms with Gasteiger partial charge in [0.25, 0.3) is 11.8 Å². The van der Waals surface area contributed by atoms with Gasteiger partial charge in [-0.1, -0.05) is 30.0 Å². The first-order valence-corrected chi connectivity index (χ1v) is 14.1. The van der Waals surface area contributed by atoms with Crippen LogP contribution >= 0.6 is 0 Å². The highest BCUT2D eigenvalue weighted by Crippen LogP contribution is 2.20.